The zero-order valence-electron chi connectivity index (χ0n) is 19.6. The molecule has 1 aromatic carbocycles. The fraction of sp³-hybridized carbons (Fsp3) is 0.500. The third-order valence-electron chi connectivity index (χ3n) is 5.38. The molecule has 1 N–H and O–H groups in total. The monoisotopic (exact) mass is 428 g/mol. The van der Waals surface area contributed by atoms with Crippen LogP contribution in [0.15, 0.2) is 42.6 Å². The highest BCUT2D eigenvalue weighted by molar-refractivity contribution is 5.93. The van der Waals surface area contributed by atoms with Gasteiger partial charge in [0.1, 0.15) is 12.3 Å². The van der Waals surface area contributed by atoms with Gasteiger partial charge in [-0.2, -0.15) is 0 Å². The number of anilines is 1. The number of amides is 3. The Kier molecular flexibility index (Phi) is 8.97. The molecule has 0 aliphatic rings. The van der Waals surface area contributed by atoms with Crippen molar-refractivity contribution in [3.63, 3.8) is 0 Å². The van der Waals surface area contributed by atoms with Crippen molar-refractivity contribution in [2.45, 2.75) is 46.7 Å². The number of nitrogens with zero attached hydrogens (tertiary/aromatic N) is 3. The first kappa shape index (κ1) is 24.3. The van der Waals surface area contributed by atoms with Crippen molar-refractivity contribution in [2.75, 3.05) is 25.5 Å². The molecule has 0 unspecified atom stereocenters. The van der Waals surface area contributed by atoms with Crippen molar-refractivity contribution in [1.82, 2.24) is 14.4 Å². The van der Waals surface area contributed by atoms with Crippen LogP contribution in [0.1, 0.15) is 39.8 Å². The number of nitrogens with one attached hydrogen (secondary N) is 1. The largest absolute Gasteiger partial charge is 0.495 e. The minimum absolute atomic E-state index is 0.0210. The average Bonchev–Trinajstić information content (AvgIpc) is 3.15. The summed E-state index contributed by atoms with van der Waals surface area (Å²) >= 11 is 0. The minimum atomic E-state index is -0.310. The normalized spacial score (nSPS) is 11.8. The highest BCUT2D eigenvalue weighted by atomic mass is 16.5. The number of carbonyl (C=O) groups is 2. The van der Waals surface area contributed by atoms with E-state index in [1.807, 2.05) is 60.8 Å². The lowest BCUT2D eigenvalue weighted by atomic mass is 10.2. The standard InChI is InChI=1S/C24H36N4O3/c1-7-19(4)28(24(30)25-21-12-8-9-13-22(21)31-6)17-23(29)27(15-18(2)3)16-20-11-10-14-26(20)5/h8-14,18-19H,7,15-17H2,1-6H3,(H,25,30)/t19-/m1/s1. The molecule has 1 atom stereocenters. The topological polar surface area (TPSA) is 66.8 Å². The number of carbonyl (C=O) groups excluding carboxylic acids is 2. The fourth-order valence-electron chi connectivity index (χ4n) is 3.38. The molecule has 0 radical (unpaired) electrons. The van der Waals surface area contributed by atoms with E-state index in [2.05, 4.69) is 19.2 Å². The van der Waals surface area contributed by atoms with Crippen molar-refractivity contribution >= 4 is 17.6 Å². The SMILES string of the molecule is CC[C@@H](C)N(CC(=O)N(Cc1cccn1C)CC(C)C)C(=O)Nc1ccccc1OC. The molecule has 7 heteroatoms. The number of rotatable bonds is 10. The summed E-state index contributed by atoms with van der Waals surface area (Å²) in [7, 11) is 3.54. The van der Waals surface area contributed by atoms with Gasteiger partial charge in [-0.1, -0.05) is 32.9 Å². The molecule has 0 saturated heterocycles. The predicted molar refractivity (Wildman–Crippen MR) is 124 cm³/mol. The van der Waals surface area contributed by atoms with Crippen LogP contribution >= 0.6 is 0 Å². The van der Waals surface area contributed by atoms with Gasteiger partial charge in [0, 0.05) is 31.5 Å². The van der Waals surface area contributed by atoms with Gasteiger partial charge < -0.3 is 24.4 Å². The maximum atomic E-state index is 13.3. The first-order valence-electron chi connectivity index (χ1n) is 10.8. The van der Waals surface area contributed by atoms with Gasteiger partial charge in [0.15, 0.2) is 0 Å². The number of urea groups is 1. The molecule has 0 bridgehead atoms. The average molecular weight is 429 g/mol. The maximum absolute atomic E-state index is 13.3. The summed E-state index contributed by atoms with van der Waals surface area (Å²) in [5.41, 5.74) is 1.64. The number of ether oxygens (including phenoxy) is 1. The molecule has 0 aliphatic carbocycles. The number of methoxy groups -OCH3 is 1. The Labute approximate surface area is 186 Å². The Morgan fingerprint density at radius 2 is 1.84 bits per heavy atom. The van der Waals surface area contributed by atoms with Crippen molar-refractivity contribution in [3.05, 3.63) is 48.3 Å². The Morgan fingerprint density at radius 3 is 2.42 bits per heavy atom. The number of aryl methyl sites for hydroxylation is 1. The van der Waals surface area contributed by atoms with E-state index in [-0.39, 0.29) is 24.5 Å². The number of hydrogen-bond donors (Lipinski definition) is 1. The number of aromatic nitrogens is 1. The highest BCUT2D eigenvalue weighted by Crippen LogP contribution is 2.24. The van der Waals surface area contributed by atoms with E-state index >= 15 is 0 Å². The summed E-state index contributed by atoms with van der Waals surface area (Å²) < 4.78 is 7.35. The molecule has 0 fully saturated rings. The third-order valence-corrected chi connectivity index (χ3v) is 5.38. The van der Waals surface area contributed by atoms with Gasteiger partial charge in [0.05, 0.1) is 19.3 Å². The second-order valence-corrected chi connectivity index (χ2v) is 8.29. The zero-order chi connectivity index (χ0) is 23.0. The van der Waals surface area contributed by atoms with Gasteiger partial charge in [-0.3, -0.25) is 4.79 Å². The van der Waals surface area contributed by atoms with Crippen LogP contribution in [0.2, 0.25) is 0 Å². The third kappa shape index (κ3) is 6.77. The first-order chi connectivity index (χ1) is 14.8. The molecule has 2 aromatic rings. The predicted octanol–water partition coefficient (Wildman–Crippen LogP) is 4.35. The van der Waals surface area contributed by atoms with Gasteiger partial charge in [0.2, 0.25) is 5.91 Å². The Hall–Kier alpha value is -2.96. The van der Waals surface area contributed by atoms with Crippen molar-refractivity contribution in [1.29, 1.82) is 0 Å². The lowest BCUT2D eigenvalue weighted by Gasteiger charge is -2.32. The number of hydrogen-bond acceptors (Lipinski definition) is 3. The lowest BCUT2D eigenvalue weighted by Crippen LogP contribution is -2.48. The van der Waals surface area contributed by atoms with Crippen LogP contribution in [-0.4, -0.2) is 52.5 Å². The summed E-state index contributed by atoms with van der Waals surface area (Å²) in [6, 6.07) is 10.8. The Bertz CT molecular complexity index is 862. The molecule has 2 rings (SSSR count). The van der Waals surface area contributed by atoms with Crippen molar-refractivity contribution in [3.8, 4) is 5.75 Å². The summed E-state index contributed by atoms with van der Waals surface area (Å²) in [6.07, 6.45) is 2.72. The van der Waals surface area contributed by atoms with Crippen LogP contribution < -0.4 is 10.1 Å². The van der Waals surface area contributed by atoms with Crippen LogP contribution in [0.25, 0.3) is 0 Å². The van der Waals surface area contributed by atoms with E-state index in [0.717, 1.165) is 12.1 Å². The van der Waals surface area contributed by atoms with Crippen LogP contribution in [-0.2, 0) is 18.4 Å². The summed E-state index contributed by atoms with van der Waals surface area (Å²) in [6.45, 7) is 9.31. The van der Waals surface area contributed by atoms with Gasteiger partial charge in [0.25, 0.3) is 0 Å². The van der Waals surface area contributed by atoms with Crippen molar-refractivity contribution < 1.29 is 14.3 Å². The molecule has 3 amide bonds. The second-order valence-electron chi connectivity index (χ2n) is 8.29. The minimum Gasteiger partial charge on any atom is -0.495 e. The summed E-state index contributed by atoms with van der Waals surface area (Å²) in [4.78, 5) is 29.9. The van der Waals surface area contributed by atoms with Crippen LogP contribution in [0.4, 0.5) is 10.5 Å². The van der Waals surface area contributed by atoms with Crippen LogP contribution in [0.5, 0.6) is 5.75 Å². The lowest BCUT2D eigenvalue weighted by molar-refractivity contribution is -0.133. The molecule has 31 heavy (non-hydrogen) atoms. The smallest absolute Gasteiger partial charge is 0.322 e. The van der Waals surface area contributed by atoms with Gasteiger partial charge in [-0.15, -0.1) is 0 Å². The zero-order valence-corrected chi connectivity index (χ0v) is 19.6. The second kappa shape index (κ2) is 11.4. The van der Waals surface area contributed by atoms with E-state index in [0.29, 0.717) is 30.4 Å². The Morgan fingerprint density at radius 1 is 1.13 bits per heavy atom. The maximum Gasteiger partial charge on any atom is 0.322 e. The van der Waals surface area contributed by atoms with E-state index in [9.17, 15) is 9.59 Å². The first-order valence-corrected chi connectivity index (χ1v) is 10.8. The van der Waals surface area contributed by atoms with Gasteiger partial charge in [-0.05, 0) is 43.5 Å². The molecule has 7 nitrogen and oxygen atoms in total. The van der Waals surface area contributed by atoms with Crippen LogP contribution in [0, 0.1) is 5.92 Å². The molecule has 1 aromatic heterocycles. The quantitative estimate of drug-likeness (QED) is 0.612. The van der Waals surface area contributed by atoms with E-state index in [1.54, 1.807) is 24.1 Å². The van der Waals surface area contributed by atoms with Gasteiger partial charge >= 0.3 is 6.03 Å². The molecule has 1 heterocycles. The van der Waals surface area contributed by atoms with Gasteiger partial charge in [-0.25, -0.2) is 4.79 Å². The summed E-state index contributed by atoms with van der Waals surface area (Å²) in [5.74, 6) is 0.838. The molecule has 0 saturated carbocycles. The van der Waals surface area contributed by atoms with E-state index < -0.39 is 0 Å². The van der Waals surface area contributed by atoms with E-state index in [4.69, 9.17) is 4.74 Å². The summed E-state index contributed by atoms with van der Waals surface area (Å²) in [5, 5.41) is 2.90. The molecular weight excluding hydrogens is 392 g/mol. The van der Waals surface area contributed by atoms with Crippen molar-refractivity contribution in [2.24, 2.45) is 13.0 Å². The highest BCUT2D eigenvalue weighted by Gasteiger charge is 2.26. The van der Waals surface area contributed by atoms with Crippen LogP contribution in [0.3, 0.4) is 0 Å². The fourth-order valence-corrected chi connectivity index (χ4v) is 3.38. The molecular formula is C24H36N4O3. The van der Waals surface area contributed by atoms with E-state index in [1.165, 1.54) is 0 Å². The molecule has 0 aliphatic heterocycles. The Balaban J connectivity index is 2.19. The number of para-hydroxylation sites is 2. The molecule has 0 spiro atoms. The molecule has 170 valence electrons. The number of benzene rings is 1.